The lowest BCUT2D eigenvalue weighted by Gasteiger charge is -2.11. The van der Waals surface area contributed by atoms with Crippen molar-refractivity contribution in [2.45, 2.75) is 31.1 Å². The molecule has 154 valence electrons. The Balaban J connectivity index is 1.99. The van der Waals surface area contributed by atoms with Crippen molar-refractivity contribution in [2.75, 3.05) is 6.26 Å². The normalized spacial score (nSPS) is 11.8. The molecule has 4 aromatic rings. The summed E-state index contributed by atoms with van der Waals surface area (Å²) < 4.78 is 8.88. The lowest BCUT2D eigenvalue weighted by molar-refractivity contribution is 0.398. The smallest absolute Gasteiger partial charge is 0.269 e. The van der Waals surface area contributed by atoms with Gasteiger partial charge in [-0.3, -0.25) is 0 Å². The summed E-state index contributed by atoms with van der Waals surface area (Å²) in [6, 6.07) is 15.8. The fourth-order valence-electron chi connectivity index (χ4n) is 3.02. The molecule has 2 aromatic heterocycles. The monoisotopic (exact) mass is 502 g/mol. The molecule has 30 heavy (non-hydrogen) atoms. The minimum Gasteiger partial charge on any atom is -0.419 e. The van der Waals surface area contributed by atoms with Gasteiger partial charge in [-0.2, -0.15) is 5.10 Å². The standard InChI is InChI=1S/C22H20BrClN4OS/c1-22(2,3)21-26-25-20(29-21)17-19(30-4)18(13-9-11-14(23)12-10-13)28(27-17)16-8-6-5-7-15(16)24/h5-12H,1-4H3. The number of nitrogens with zero attached hydrogens (tertiary/aromatic N) is 4. The first-order valence-electron chi connectivity index (χ1n) is 9.32. The van der Waals surface area contributed by atoms with E-state index in [0.717, 1.165) is 26.3 Å². The number of rotatable bonds is 4. The van der Waals surface area contributed by atoms with Crippen LogP contribution in [0.25, 0.3) is 28.5 Å². The number of hydrogen-bond acceptors (Lipinski definition) is 5. The van der Waals surface area contributed by atoms with E-state index in [1.165, 1.54) is 0 Å². The molecule has 0 aliphatic rings. The van der Waals surface area contributed by atoms with Gasteiger partial charge in [0, 0.05) is 15.5 Å². The molecule has 0 aliphatic carbocycles. The number of benzene rings is 2. The maximum Gasteiger partial charge on any atom is 0.269 e. The molecule has 0 fully saturated rings. The van der Waals surface area contributed by atoms with Crippen LogP contribution in [0.1, 0.15) is 26.7 Å². The summed E-state index contributed by atoms with van der Waals surface area (Å²) >= 11 is 11.6. The fraction of sp³-hybridized carbons (Fsp3) is 0.227. The molecule has 0 saturated carbocycles. The van der Waals surface area contributed by atoms with E-state index < -0.39 is 0 Å². The lowest BCUT2D eigenvalue weighted by atomic mass is 9.97. The van der Waals surface area contributed by atoms with Gasteiger partial charge in [0.2, 0.25) is 5.89 Å². The average Bonchev–Trinajstić information content (AvgIpc) is 3.33. The molecule has 0 spiro atoms. The average molecular weight is 504 g/mol. The van der Waals surface area contributed by atoms with Crippen LogP contribution in [-0.2, 0) is 5.41 Å². The van der Waals surface area contributed by atoms with Crippen molar-refractivity contribution in [1.29, 1.82) is 0 Å². The van der Waals surface area contributed by atoms with E-state index in [1.807, 2.05) is 80.2 Å². The zero-order valence-electron chi connectivity index (χ0n) is 17.0. The molecular formula is C22H20BrClN4OS. The number of thioether (sulfide) groups is 1. The Morgan fingerprint density at radius 1 is 1.03 bits per heavy atom. The Morgan fingerprint density at radius 2 is 1.73 bits per heavy atom. The largest absolute Gasteiger partial charge is 0.419 e. The number of hydrogen-bond donors (Lipinski definition) is 0. The molecule has 0 saturated heterocycles. The summed E-state index contributed by atoms with van der Waals surface area (Å²) in [6.45, 7) is 6.11. The van der Waals surface area contributed by atoms with Crippen molar-refractivity contribution >= 4 is 39.3 Å². The summed E-state index contributed by atoms with van der Waals surface area (Å²) in [5.74, 6) is 0.968. The van der Waals surface area contributed by atoms with E-state index in [1.54, 1.807) is 11.8 Å². The van der Waals surface area contributed by atoms with Crippen LogP contribution in [0.4, 0.5) is 0 Å². The molecule has 0 N–H and O–H groups in total. The second kappa shape index (κ2) is 8.21. The van der Waals surface area contributed by atoms with Crippen LogP contribution in [0.2, 0.25) is 5.02 Å². The van der Waals surface area contributed by atoms with Gasteiger partial charge in [-0.1, -0.05) is 72.6 Å². The molecule has 0 atom stereocenters. The van der Waals surface area contributed by atoms with Crippen molar-refractivity contribution in [2.24, 2.45) is 0 Å². The van der Waals surface area contributed by atoms with Crippen molar-refractivity contribution in [3.05, 3.63) is 63.9 Å². The highest BCUT2D eigenvalue weighted by Crippen LogP contribution is 2.41. The Morgan fingerprint density at radius 3 is 2.33 bits per heavy atom. The summed E-state index contributed by atoms with van der Waals surface area (Å²) in [5, 5.41) is 14.0. The molecule has 4 rings (SSSR count). The highest BCUT2D eigenvalue weighted by Gasteiger charge is 2.28. The van der Waals surface area contributed by atoms with Gasteiger partial charge in [-0.15, -0.1) is 22.0 Å². The maximum absolute atomic E-state index is 6.53. The lowest BCUT2D eigenvalue weighted by Crippen LogP contribution is -2.11. The third kappa shape index (κ3) is 3.94. The third-order valence-electron chi connectivity index (χ3n) is 4.51. The second-order valence-corrected chi connectivity index (χ2v) is 9.90. The van der Waals surface area contributed by atoms with Gasteiger partial charge >= 0.3 is 0 Å². The van der Waals surface area contributed by atoms with E-state index in [4.69, 9.17) is 21.1 Å². The molecule has 0 radical (unpaired) electrons. The highest BCUT2D eigenvalue weighted by atomic mass is 79.9. The minimum atomic E-state index is -0.245. The number of para-hydroxylation sites is 1. The Labute approximate surface area is 193 Å². The molecule has 0 unspecified atom stereocenters. The molecule has 8 heteroatoms. The molecule has 0 aliphatic heterocycles. The van der Waals surface area contributed by atoms with Crippen LogP contribution in [0, 0.1) is 0 Å². The van der Waals surface area contributed by atoms with E-state index in [-0.39, 0.29) is 5.41 Å². The molecule has 5 nitrogen and oxygen atoms in total. The van der Waals surface area contributed by atoms with Crippen LogP contribution in [0.15, 0.2) is 62.3 Å². The zero-order valence-corrected chi connectivity index (χ0v) is 20.1. The van der Waals surface area contributed by atoms with Gasteiger partial charge in [0.15, 0.2) is 5.69 Å². The first kappa shape index (κ1) is 21.2. The fourth-order valence-corrected chi connectivity index (χ4v) is 4.22. The SMILES string of the molecule is CSc1c(-c2nnc(C(C)(C)C)o2)nn(-c2ccccc2Cl)c1-c1ccc(Br)cc1. The highest BCUT2D eigenvalue weighted by molar-refractivity contribution is 9.10. The minimum absolute atomic E-state index is 0.245. The van der Waals surface area contributed by atoms with Gasteiger partial charge in [-0.05, 0) is 30.5 Å². The summed E-state index contributed by atoms with van der Waals surface area (Å²) in [7, 11) is 0. The van der Waals surface area contributed by atoms with Crippen LogP contribution >= 0.6 is 39.3 Å². The quantitative estimate of drug-likeness (QED) is 0.280. The summed E-state index contributed by atoms with van der Waals surface area (Å²) in [5.41, 5.74) is 3.12. The first-order chi connectivity index (χ1) is 14.3. The molecule has 0 bridgehead atoms. The van der Waals surface area contributed by atoms with Crippen LogP contribution in [0.3, 0.4) is 0 Å². The Bertz CT molecular complexity index is 1190. The molecule has 2 aromatic carbocycles. The number of halogens is 2. The van der Waals surface area contributed by atoms with E-state index >= 15 is 0 Å². The van der Waals surface area contributed by atoms with Crippen LogP contribution in [-0.4, -0.2) is 26.2 Å². The van der Waals surface area contributed by atoms with Crippen molar-refractivity contribution in [3.8, 4) is 28.5 Å². The zero-order chi connectivity index (χ0) is 21.5. The topological polar surface area (TPSA) is 56.7 Å². The van der Waals surface area contributed by atoms with Gasteiger partial charge in [-0.25, -0.2) is 4.68 Å². The second-order valence-electron chi connectivity index (χ2n) is 7.76. The summed E-state index contributed by atoms with van der Waals surface area (Å²) in [4.78, 5) is 0.946. The molecule has 0 amide bonds. The predicted octanol–water partition coefficient (Wildman–Crippen LogP) is 7.02. The Hall–Kier alpha value is -2.09. The molecular weight excluding hydrogens is 484 g/mol. The van der Waals surface area contributed by atoms with Gasteiger partial charge in [0.25, 0.3) is 5.89 Å². The van der Waals surface area contributed by atoms with Gasteiger partial charge in [0.1, 0.15) is 0 Å². The van der Waals surface area contributed by atoms with Crippen LogP contribution < -0.4 is 0 Å². The van der Waals surface area contributed by atoms with Gasteiger partial charge in [0.05, 0.1) is 21.3 Å². The van der Waals surface area contributed by atoms with E-state index in [2.05, 4.69) is 26.1 Å². The van der Waals surface area contributed by atoms with Crippen molar-refractivity contribution < 1.29 is 4.42 Å². The van der Waals surface area contributed by atoms with E-state index in [0.29, 0.717) is 22.5 Å². The third-order valence-corrected chi connectivity index (χ3v) is 6.16. The predicted molar refractivity (Wildman–Crippen MR) is 125 cm³/mol. The van der Waals surface area contributed by atoms with Crippen molar-refractivity contribution in [3.63, 3.8) is 0 Å². The van der Waals surface area contributed by atoms with E-state index in [9.17, 15) is 0 Å². The van der Waals surface area contributed by atoms with Crippen LogP contribution in [0.5, 0.6) is 0 Å². The Kier molecular flexibility index (Phi) is 5.79. The maximum atomic E-state index is 6.53. The molecule has 2 heterocycles. The summed E-state index contributed by atoms with van der Waals surface area (Å²) in [6.07, 6.45) is 2.01. The first-order valence-corrected chi connectivity index (χ1v) is 11.7. The number of aromatic nitrogens is 4. The van der Waals surface area contributed by atoms with Crippen molar-refractivity contribution in [1.82, 2.24) is 20.0 Å². The van der Waals surface area contributed by atoms with Gasteiger partial charge < -0.3 is 4.42 Å².